The SMILES string of the molecule is O=C1C2C3c4ccccc4C(c4ccccc43)C2C(=O)N1c1ccc(Cl)c(Cl)c1. The Labute approximate surface area is 177 Å². The first kappa shape index (κ1) is 17.3. The molecule has 3 aliphatic carbocycles. The number of imide groups is 1. The van der Waals surface area contributed by atoms with Crippen LogP contribution in [0.15, 0.2) is 66.7 Å². The molecule has 3 nitrogen and oxygen atoms in total. The van der Waals surface area contributed by atoms with Gasteiger partial charge in [-0.15, -0.1) is 0 Å². The third-order valence-electron chi connectivity index (χ3n) is 6.61. The molecular formula is C24H15Cl2NO2. The van der Waals surface area contributed by atoms with Gasteiger partial charge in [-0.3, -0.25) is 9.59 Å². The van der Waals surface area contributed by atoms with E-state index >= 15 is 0 Å². The zero-order valence-corrected chi connectivity index (χ0v) is 16.7. The Bertz CT molecular complexity index is 1110. The van der Waals surface area contributed by atoms with E-state index in [4.69, 9.17) is 23.2 Å². The molecule has 5 heteroatoms. The molecule has 2 atom stereocenters. The van der Waals surface area contributed by atoms with Gasteiger partial charge in [-0.25, -0.2) is 4.90 Å². The maximum absolute atomic E-state index is 13.6. The van der Waals surface area contributed by atoms with Crippen molar-refractivity contribution in [3.8, 4) is 0 Å². The molecule has 2 unspecified atom stereocenters. The Kier molecular flexibility index (Phi) is 3.54. The summed E-state index contributed by atoms with van der Waals surface area (Å²) in [6.45, 7) is 0. The van der Waals surface area contributed by atoms with E-state index in [-0.39, 0.29) is 23.7 Å². The van der Waals surface area contributed by atoms with Gasteiger partial charge in [-0.2, -0.15) is 0 Å². The fourth-order valence-electron chi connectivity index (χ4n) is 5.56. The number of anilines is 1. The third-order valence-corrected chi connectivity index (χ3v) is 7.35. The molecule has 1 aliphatic heterocycles. The predicted molar refractivity (Wildman–Crippen MR) is 113 cm³/mol. The van der Waals surface area contributed by atoms with Crippen molar-refractivity contribution in [2.45, 2.75) is 11.8 Å². The largest absolute Gasteiger partial charge is 0.274 e. The van der Waals surface area contributed by atoms with Gasteiger partial charge >= 0.3 is 0 Å². The van der Waals surface area contributed by atoms with Crippen LogP contribution in [0.1, 0.15) is 34.1 Å². The molecule has 1 fully saturated rings. The second-order valence-corrected chi connectivity index (χ2v) is 8.69. The average Bonchev–Trinajstić information content (AvgIpc) is 3.01. The van der Waals surface area contributed by atoms with Gasteiger partial charge in [0.25, 0.3) is 0 Å². The second-order valence-electron chi connectivity index (χ2n) is 7.88. The first-order chi connectivity index (χ1) is 14.1. The molecule has 0 saturated carbocycles. The van der Waals surface area contributed by atoms with E-state index < -0.39 is 11.8 Å². The Morgan fingerprint density at radius 3 is 1.48 bits per heavy atom. The van der Waals surface area contributed by atoms with Crippen LogP contribution in [0.2, 0.25) is 10.0 Å². The van der Waals surface area contributed by atoms with Crippen molar-refractivity contribution in [2.75, 3.05) is 4.90 Å². The van der Waals surface area contributed by atoms with Crippen LogP contribution in [-0.4, -0.2) is 11.8 Å². The van der Waals surface area contributed by atoms with Gasteiger partial charge in [0.05, 0.1) is 27.6 Å². The Hall–Kier alpha value is -2.62. The summed E-state index contributed by atoms with van der Waals surface area (Å²) in [4.78, 5) is 28.5. The number of hydrogen-bond acceptors (Lipinski definition) is 2. The van der Waals surface area contributed by atoms with E-state index in [0.717, 1.165) is 22.3 Å². The topological polar surface area (TPSA) is 37.4 Å². The van der Waals surface area contributed by atoms with Crippen molar-refractivity contribution in [1.29, 1.82) is 0 Å². The van der Waals surface area contributed by atoms with E-state index in [2.05, 4.69) is 24.3 Å². The average molecular weight is 420 g/mol. The van der Waals surface area contributed by atoms with E-state index in [1.807, 2.05) is 24.3 Å². The molecule has 7 rings (SSSR count). The highest BCUT2D eigenvalue weighted by Gasteiger charge is 2.61. The molecule has 0 radical (unpaired) electrons. The summed E-state index contributed by atoms with van der Waals surface area (Å²) in [7, 11) is 0. The van der Waals surface area contributed by atoms with Gasteiger partial charge in [-0.05, 0) is 40.5 Å². The van der Waals surface area contributed by atoms with Crippen LogP contribution >= 0.6 is 23.2 Å². The summed E-state index contributed by atoms with van der Waals surface area (Å²) in [5, 5.41) is 0.723. The number of hydrogen-bond donors (Lipinski definition) is 0. The fourth-order valence-corrected chi connectivity index (χ4v) is 5.85. The number of carbonyl (C=O) groups excluding carboxylic acids is 2. The van der Waals surface area contributed by atoms with Gasteiger partial charge < -0.3 is 0 Å². The lowest BCUT2D eigenvalue weighted by molar-refractivity contribution is -0.122. The fraction of sp³-hybridized carbons (Fsp3) is 0.167. The van der Waals surface area contributed by atoms with E-state index in [9.17, 15) is 9.59 Å². The van der Waals surface area contributed by atoms with Crippen LogP contribution in [0, 0.1) is 11.8 Å². The highest BCUT2D eigenvalue weighted by Crippen LogP contribution is 2.61. The Balaban J connectivity index is 1.56. The Morgan fingerprint density at radius 1 is 0.621 bits per heavy atom. The summed E-state index contributed by atoms with van der Waals surface area (Å²) in [6.07, 6.45) is 0. The van der Waals surface area contributed by atoms with E-state index in [0.29, 0.717) is 15.7 Å². The van der Waals surface area contributed by atoms with Crippen molar-refractivity contribution in [3.63, 3.8) is 0 Å². The minimum Gasteiger partial charge on any atom is -0.274 e. The first-order valence-electron chi connectivity index (χ1n) is 9.58. The highest BCUT2D eigenvalue weighted by atomic mass is 35.5. The maximum atomic E-state index is 13.6. The molecule has 0 N–H and O–H groups in total. The summed E-state index contributed by atoms with van der Waals surface area (Å²) in [5.41, 5.74) is 5.13. The highest BCUT2D eigenvalue weighted by molar-refractivity contribution is 6.42. The molecule has 0 aromatic heterocycles. The lowest BCUT2D eigenvalue weighted by Crippen LogP contribution is -2.41. The van der Waals surface area contributed by atoms with Gasteiger partial charge in [0, 0.05) is 11.8 Å². The monoisotopic (exact) mass is 419 g/mol. The molecule has 3 aromatic rings. The first-order valence-corrected chi connectivity index (χ1v) is 10.3. The summed E-state index contributed by atoms with van der Waals surface area (Å²) >= 11 is 12.2. The lowest BCUT2D eigenvalue weighted by Gasteiger charge is -2.45. The normalized spacial score (nSPS) is 26.3. The number of halogens is 2. The zero-order chi connectivity index (χ0) is 19.9. The standard InChI is InChI=1S/C24H15Cl2NO2/c25-17-10-9-12(11-18(17)26)27-23(28)21-19-13-5-1-2-6-14(13)20(22(21)24(27)29)16-8-4-3-7-15(16)19/h1-11,19-22H. The van der Waals surface area contributed by atoms with Crippen LogP contribution in [0.25, 0.3) is 0 Å². The molecule has 2 bridgehead atoms. The second kappa shape index (κ2) is 5.94. The number of rotatable bonds is 1. The van der Waals surface area contributed by atoms with Crippen molar-refractivity contribution >= 4 is 40.7 Å². The number of nitrogens with zero attached hydrogens (tertiary/aromatic N) is 1. The van der Waals surface area contributed by atoms with Crippen molar-refractivity contribution in [1.82, 2.24) is 0 Å². The molecule has 29 heavy (non-hydrogen) atoms. The van der Waals surface area contributed by atoms with Gasteiger partial charge in [0.2, 0.25) is 11.8 Å². The number of amides is 2. The van der Waals surface area contributed by atoms with Crippen molar-refractivity contribution in [2.24, 2.45) is 11.8 Å². The third kappa shape index (κ3) is 2.15. The van der Waals surface area contributed by atoms with Crippen LogP contribution in [0.4, 0.5) is 5.69 Å². The predicted octanol–water partition coefficient (Wildman–Crippen LogP) is 5.39. The van der Waals surface area contributed by atoms with Crippen molar-refractivity contribution < 1.29 is 9.59 Å². The van der Waals surface area contributed by atoms with Crippen LogP contribution < -0.4 is 4.90 Å². The summed E-state index contributed by atoms with van der Waals surface area (Å²) < 4.78 is 0. The quantitative estimate of drug-likeness (QED) is 0.495. The van der Waals surface area contributed by atoms with Gasteiger partial charge in [-0.1, -0.05) is 71.7 Å². The molecule has 1 heterocycles. The minimum absolute atomic E-state index is 0.110. The number of benzene rings is 3. The summed E-state index contributed by atoms with van der Waals surface area (Å²) in [6, 6.07) is 21.3. The molecule has 4 aliphatic rings. The lowest BCUT2D eigenvalue weighted by atomic mass is 9.55. The van der Waals surface area contributed by atoms with E-state index in [1.165, 1.54) is 4.90 Å². The zero-order valence-electron chi connectivity index (χ0n) is 15.2. The van der Waals surface area contributed by atoms with Crippen LogP contribution in [0.5, 0.6) is 0 Å². The van der Waals surface area contributed by atoms with Crippen LogP contribution in [-0.2, 0) is 9.59 Å². The Morgan fingerprint density at radius 2 is 1.07 bits per heavy atom. The molecular weight excluding hydrogens is 405 g/mol. The maximum Gasteiger partial charge on any atom is 0.238 e. The summed E-state index contributed by atoms with van der Waals surface area (Å²) in [5.74, 6) is -1.32. The molecule has 142 valence electrons. The molecule has 0 spiro atoms. The molecule has 1 saturated heterocycles. The van der Waals surface area contributed by atoms with Gasteiger partial charge in [0.1, 0.15) is 0 Å². The molecule has 3 aromatic carbocycles. The van der Waals surface area contributed by atoms with Crippen molar-refractivity contribution in [3.05, 3.63) is 99.0 Å². The number of carbonyl (C=O) groups is 2. The van der Waals surface area contributed by atoms with E-state index in [1.54, 1.807) is 18.2 Å². The van der Waals surface area contributed by atoms with Gasteiger partial charge in [0.15, 0.2) is 0 Å². The minimum atomic E-state index is -0.397. The smallest absolute Gasteiger partial charge is 0.238 e. The van der Waals surface area contributed by atoms with Crippen LogP contribution in [0.3, 0.4) is 0 Å². The molecule has 2 amide bonds.